The van der Waals surface area contributed by atoms with Crippen molar-refractivity contribution in [3.8, 4) is 22.6 Å². The van der Waals surface area contributed by atoms with E-state index in [1.807, 2.05) is 24.4 Å². The molecule has 7 nitrogen and oxygen atoms in total. The third-order valence-electron chi connectivity index (χ3n) is 7.35. The molecule has 8 heteroatoms. The zero-order chi connectivity index (χ0) is 28.6. The van der Waals surface area contributed by atoms with Crippen LogP contribution >= 0.6 is 0 Å². The van der Waals surface area contributed by atoms with Gasteiger partial charge in [0.05, 0.1) is 5.52 Å². The number of aromatic nitrogens is 2. The van der Waals surface area contributed by atoms with Crippen LogP contribution in [0, 0.1) is 18.2 Å². The number of carbonyl (C=O) groups is 2. The van der Waals surface area contributed by atoms with Gasteiger partial charge in [0.2, 0.25) is 11.8 Å². The van der Waals surface area contributed by atoms with Crippen molar-refractivity contribution in [1.82, 2.24) is 9.97 Å². The topological polar surface area (TPSA) is 96.1 Å². The minimum absolute atomic E-state index is 0.375. The van der Waals surface area contributed by atoms with Crippen LogP contribution < -0.4 is 15.4 Å². The summed E-state index contributed by atoms with van der Waals surface area (Å²) in [5, 5.41) is 6.44. The van der Waals surface area contributed by atoms with Crippen molar-refractivity contribution in [2.75, 3.05) is 10.6 Å². The van der Waals surface area contributed by atoms with E-state index in [1.165, 1.54) is 24.3 Å². The summed E-state index contributed by atoms with van der Waals surface area (Å²) in [4.78, 5) is 33.6. The molecule has 0 aliphatic heterocycles. The largest absolute Gasteiger partial charge is 0.457 e. The number of hydrogen-bond acceptors (Lipinski definition) is 4. The molecule has 0 unspecified atom stereocenters. The second kappa shape index (κ2) is 10.4. The molecule has 0 bridgehead atoms. The Hall–Kier alpha value is -5.24. The summed E-state index contributed by atoms with van der Waals surface area (Å²) in [5.41, 5.74) is 4.83. The van der Waals surface area contributed by atoms with Gasteiger partial charge in [-0.15, -0.1) is 0 Å². The van der Waals surface area contributed by atoms with Gasteiger partial charge in [0.1, 0.15) is 22.7 Å². The van der Waals surface area contributed by atoms with E-state index >= 15 is 0 Å². The molecular weight excluding hydrogens is 519 g/mol. The summed E-state index contributed by atoms with van der Waals surface area (Å²) in [6.07, 6.45) is 6.34. The number of benzene rings is 3. The van der Waals surface area contributed by atoms with E-state index in [0.29, 0.717) is 35.7 Å². The molecule has 0 spiro atoms. The third kappa shape index (κ3) is 5.19. The van der Waals surface area contributed by atoms with Crippen LogP contribution in [0.25, 0.3) is 28.1 Å². The Bertz CT molecular complexity index is 1790. The fourth-order valence-corrected chi connectivity index (χ4v) is 4.81. The molecule has 6 rings (SSSR count). The normalized spacial score (nSPS) is 13.4. The Balaban J connectivity index is 1.15. The minimum atomic E-state index is -1.14. The van der Waals surface area contributed by atoms with Crippen molar-refractivity contribution in [1.29, 1.82) is 0 Å². The smallest absolute Gasteiger partial charge is 0.240 e. The summed E-state index contributed by atoms with van der Waals surface area (Å²) in [5.74, 6) is 0.0817. The number of amides is 2. The zero-order valence-electron chi connectivity index (χ0n) is 22.3. The molecule has 0 radical (unpaired) electrons. The number of fused-ring (bicyclic) bond motifs is 1. The number of aryl methyl sites for hydroxylation is 1. The number of rotatable bonds is 8. The van der Waals surface area contributed by atoms with Crippen LogP contribution in [0.4, 0.5) is 15.8 Å². The van der Waals surface area contributed by atoms with E-state index in [2.05, 4.69) is 40.2 Å². The van der Waals surface area contributed by atoms with Crippen LogP contribution in [-0.4, -0.2) is 21.8 Å². The highest BCUT2D eigenvalue weighted by Gasteiger charge is 2.56. The van der Waals surface area contributed by atoms with Gasteiger partial charge in [0.15, 0.2) is 0 Å². The van der Waals surface area contributed by atoms with Gasteiger partial charge in [-0.1, -0.05) is 6.58 Å². The highest BCUT2D eigenvalue weighted by molar-refractivity contribution is 6.16. The molecule has 1 fully saturated rings. The Kier molecular flexibility index (Phi) is 6.59. The van der Waals surface area contributed by atoms with E-state index in [0.717, 1.165) is 33.3 Å². The van der Waals surface area contributed by atoms with E-state index in [4.69, 9.17) is 4.74 Å². The molecule has 2 heterocycles. The van der Waals surface area contributed by atoms with Crippen molar-refractivity contribution >= 4 is 40.2 Å². The summed E-state index contributed by atoms with van der Waals surface area (Å²) < 4.78 is 19.4. The Morgan fingerprint density at radius 2 is 1.63 bits per heavy atom. The van der Waals surface area contributed by atoms with Crippen LogP contribution in [0.3, 0.4) is 0 Å². The van der Waals surface area contributed by atoms with E-state index in [9.17, 15) is 14.0 Å². The molecule has 2 amide bonds. The van der Waals surface area contributed by atoms with E-state index < -0.39 is 17.1 Å². The van der Waals surface area contributed by atoms with Crippen LogP contribution in [0.5, 0.6) is 11.5 Å². The van der Waals surface area contributed by atoms with Crippen LogP contribution in [0.2, 0.25) is 0 Å². The molecule has 3 aromatic carbocycles. The predicted molar refractivity (Wildman–Crippen MR) is 158 cm³/mol. The molecule has 0 atom stereocenters. The monoisotopic (exact) mass is 546 g/mol. The molecule has 2 aromatic heterocycles. The van der Waals surface area contributed by atoms with Gasteiger partial charge in [-0.25, -0.2) is 4.39 Å². The van der Waals surface area contributed by atoms with Gasteiger partial charge in [0, 0.05) is 40.4 Å². The number of anilines is 2. The van der Waals surface area contributed by atoms with Crippen LogP contribution in [0.15, 0.2) is 91.8 Å². The molecule has 0 saturated heterocycles. The maximum Gasteiger partial charge on any atom is 0.240 e. The molecule has 204 valence electrons. The first-order valence-electron chi connectivity index (χ1n) is 13.2. The lowest BCUT2D eigenvalue weighted by molar-refractivity contribution is -0.131. The van der Waals surface area contributed by atoms with Crippen LogP contribution in [0.1, 0.15) is 24.1 Å². The fourth-order valence-electron chi connectivity index (χ4n) is 4.81. The van der Waals surface area contributed by atoms with Gasteiger partial charge in [-0.3, -0.25) is 14.6 Å². The molecule has 41 heavy (non-hydrogen) atoms. The van der Waals surface area contributed by atoms with Gasteiger partial charge in [-0.2, -0.15) is 0 Å². The SMILES string of the molecule is C=Cc1cc(-c2cc3nccc(Oc4ccc(NC(=O)C5(C(=O)Nc6ccc(F)cc6)CC5)cc4)c3cc2C)c[nH]1. The third-order valence-corrected chi connectivity index (χ3v) is 7.35. The van der Waals surface area contributed by atoms with Gasteiger partial charge in [0.25, 0.3) is 0 Å². The van der Waals surface area contributed by atoms with Crippen molar-refractivity contribution in [3.05, 3.63) is 109 Å². The number of H-pyrrole nitrogens is 1. The zero-order valence-corrected chi connectivity index (χ0v) is 22.3. The van der Waals surface area contributed by atoms with Crippen molar-refractivity contribution in [2.45, 2.75) is 19.8 Å². The first kappa shape index (κ1) is 26.0. The second-order valence-electron chi connectivity index (χ2n) is 10.2. The van der Waals surface area contributed by atoms with Crippen molar-refractivity contribution in [2.24, 2.45) is 5.41 Å². The van der Waals surface area contributed by atoms with Gasteiger partial charge >= 0.3 is 0 Å². The number of aromatic amines is 1. The Morgan fingerprint density at radius 1 is 0.976 bits per heavy atom. The average molecular weight is 547 g/mol. The first-order chi connectivity index (χ1) is 19.8. The molecule has 1 aliphatic rings. The molecular formula is C33H27FN4O3. The lowest BCUT2D eigenvalue weighted by atomic mass is 10.00. The Morgan fingerprint density at radius 3 is 2.24 bits per heavy atom. The molecule has 3 N–H and O–H groups in total. The van der Waals surface area contributed by atoms with Crippen molar-refractivity contribution < 1.29 is 18.7 Å². The number of nitrogens with zero attached hydrogens (tertiary/aromatic N) is 1. The maximum atomic E-state index is 13.2. The van der Waals surface area contributed by atoms with Gasteiger partial charge < -0.3 is 20.4 Å². The molecule has 1 aliphatic carbocycles. The lowest BCUT2D eigenvalue weighted by Crippen LogP contribution is -2.35. The minimum Gasteiger partial charge on any atom is -0.457 e. The number of halogens is 1. The molecule has 5 aromatic rings. The fraction of sp³-hybridized carbons (Fsp3) is 0.121. The molecule has 1 saturated carbocycles. The highest BCUT2D eigenvalue weighted by atomic mass is 19.1. The predicted octanol–water partition coefficient (Wildman–Crippen LogP) is 7.47. The van der Waals surface area contributed by atoms with Crippen LogP contribution in [-0.2, 0) is 9.59 Å². The maximum absolute atomic E-state index is 13.2. The summed E-state index contributed by atoms with van der Waals surface area (Å²) >= 11 is 0. The number of pyridine rings is 1. The number of nitrogens with one attached hydrogen (secondary N) is 3. The summed E-state index contributed by atoms with van der Waals surface area (Å²) in [6.45, 7) is 5.86. The van der Waals surface area contributed by atoms with E-state index in [-0.39, 0.29) is 5.91 Å². The average Bonchev–Trinajstić information content (AvgIpc) is 3.66. The summed E-state index contributed by atoms with van der Waals surface area (Å²) in [6, 6.07) is 20.4. The first-order valence-corrected chi connectivity index (χ1v) is 13.2. The quantitative estimate of drug-likeness (QED) is 0.176. The standard InChI is InChI=1S/C33H27FN4O3/c1-3-23-17-21(19-36-23)27-18-29-28(16-20(27)2)30(12-15-35-29)41-26-10-8-25(9-11-26)38-32(40)33(13-14-33)31(39)37-24-6-4-22(34)5-7-24/h3-12,15-19,36H,1,13-14H2,2H3,(H,37,39)(H,38,40). The summed E-state index contributed by atoms with van der Waals surface area (Å²) in [7, 11) is 0. The Labute approximate surface area is 236 Å². The highest BCUT2D eigenvalue weighted by Crippen LogP contribution is 2.47. The lowest BCUT2D eigenvalue weighted by Gasteiger charge is -2.16. The number of carbonyl (C=O) groups excluding carboxylic acids is 2. The number of ether oxygens (including phenoxy) is 1. The number of hydrogen-bond donors (Lipinski definition) is 3. The van der Waals surface area contributed by atoms with Crippen molar-refractivity contribution in [3.63, 3.8) is 0 Å². The van der Waals surface area contributed by atoms with E-state index in [1.54, 1.807) is 36.5 Å². The second-order valence-corrected chi connectivity index (χ2v) is 10.2. The van der Waals surface area contributed by atoms with Gasteiger partial charge in [-0.05, 0) is 110 Å².